The molecule has 3 rings (SSSR count). The normalized spacial score (nSPS) is 11.3. The second-order valence-corrected chi connectivity index (χ2v) is 6.53. The average Bonchev–Trinajstić information content (AvgIpc) is 2.84. The highest BCUT2D eigenvalue weighted by Gasteiger charge is 2.15. The number of benzene rings is 1. The SMILES string of the molecule is Cc1c(Nc2nc3ccccc3s2)nnc(Cl)c1C(C)C. The molecule has 0 aliphatic rings. The largest absolute Gasteiger partial charge is 0.314 e. The highest BCUT2D eigenvalue weighted by molar-refractivity contribution is 7.22. The predicted octanol–water partition coefficient (Wildman–Crippen LogP) is 4.92. The summed E-state index contributed by atoms with van der Waals surface area (Å²) in [5, 5.41) is 12.7. The van der Waals surface area contributed by atoms with Crippen molar-refractivity contribution in [2.75, 3.05) is 5.32 Å². The smallest absolute Gasteiger partial charge is 0.189 e. The molecule has 3 aromatic rings. The lowest BCUT2D eigenvalue weighted by atomic mass is 10.0. The van der Waals surface area contributed by atoms with Crippen LogP contribution in [0.2, 0.25) is 5.15 Å². The summed E-state index contributed by atoms with van der Waals surface area (Å²) in [5.41, 5.74) is 3.02. The first-order valence-electron chi connectivity index (χ1n) is 6.71. The van der Waals surface area contributed by atoms with Gasteiger partial charge in [-0.05, 0) is 25.0 Å². The van der Waals surface area contributed by atoms with Gasteiger partial charge in [-0.3, -0.25) is 0 Å². The number of fused-ring (bicyclic) bond motifs is 1. The third-order valence-corrected chi connectivity index (χ3v) is 4.55. The summed E-state index contributed by atoms with van der Waals surface area (Å²) in [6.07, 6.45) is 0. The van der Waals surface area contributed by atoms with E-state index >= 15 is 0 Å². The van der Waals surface area contributed by atoms with Crippen molar-refractivity contribution in [1.82, 2.24) is 15.2 Å². The minimum Gasteiger partial charge on any atom is -0.314 e. The Morgan fingerprint density at radius 2 is 1.95 bits per heavy atom. The van der Waals surface area contributed by atoms with Gasteiger partial charge in [-0.25, -0.2) is 4.98 Å². The van der Waals surface area contributed by atoms with E-state index in [4.69, 9.17) is 11.6 Å². The zero-order chi connectivity index (χ0) is 15.0. The van der Waals surface area contributed by atoms with Gasteiger partial charge in [0.05, 0.1) is 10.2 Å². The van der Waals surface area contributed by atoms with Gasteiger partial charge in [0, 0.05) is 11.1 Å². The Labute approximate surface area is 132 Å². The van der Waals surface area contributed by atoms with Crippen LogP contribution >= 0.6 is 22.9 Å². The van der Waals surface area contributed by atoms with Gasteiger partial charge in [0.25, 0.3) is 0 Å². The number of halogens is 1. The average molecular weight is 319 g/mol. The van der Waals surface area contributed by atoms with Gasteiger partial charge in [0.15, 0.2) is 16.1 Å². The maximum atomic E-state index is 6.15. The molecule has 108 valence electrons. The first kappa shape index (κ1) is 14.2. The van der Waals surface area contributed by atoms with Crippen molar-refractivity contribution in [3.05, 3.63) is 40.5 Å². The Hall–Kier alpha value is -1.72. The van der Waals surface area contributed by atoms with Crippen molar-refractivity contribution < 1.29 is 0 Å². The second kappa shape index (κ2) is 5.58. The Morgan fingerprint density at radius 3 is 2.67 bits per heavy atom. The molecule has 0 saturated carbocycles. The number of rotatable bonds is 3. The molecule has 2 heterocycles. The summed E-state index contributed by atoms with van der Waals surface area (Å²) in [4.78, 5) is 4.55. The van der Waals surface area contributed by atoms with E-state index < -0.39 is 0 Å². The van der Waals surface area contributed by atoms with Crippen molar-refractivity contribution in [3.8, 4) is 0 Å². The minimum atomic E-state index is 0.295. The topological polar surface area (TPSA) is 50.7 Å². The first-order valence-corrected chi connectivity index (χ1v) is 7.91. The Balaban J connectivity index is 1.99. The van der Waals surface area contributed by atoms with Gasteiger partial charge in [0.1, 0.15) is 0 Å². The fraction of sp³-hybridized carbons (Fsp3) is 0.267. The van der Waals surface area contributed by atoms with Crippen LogP contribution in [-0.4, -0.2) is 15.2 Å². The molecule has 0 unspecified atom stereocenters. The fourth-order valence-corrected chi connectivity index (χ4v) is 3.58. The van der Waals surface area contributed by atoms with Crippen LogP contribution in [0, 0.1) is 6.92 Å². The molecule has 1 N–H and O–H groups in total. The van der Waals surface area contributed by atoms with E-state index in [0.717, 1.165) is 26.5 Å². The molecule has 21 heavy (non-hydrogen) atoms. The van der Waals surface area contributed by atoms with Crippen LogP contribution in [-0.2, 0) is 0 Å². The molecule has 0 fully saturated rings. The highest BCUT2D eigenvalue weighted by atomic mass is 35.5. The predicted molar refractivity (Wildman–Crippen MR) is 88.8 cm³/mol. The van der Waals surface area contributed by atoms with Crippen LogP contribution in [0.25, 0.3) is 10.2 Å². The Kier molecular flexibility index (Phi) is 3.78. The molecular weight excluding hydrogens is 304 g/mol. The standard InChI is InChI=1S/C15H15ClN4S/c1-8(2)12-9(3)14(20-19-13(12)16)18-15-17-10-6-4-5-7-11(10)21-15/h4-8H,1-3H3,(H,17,18,20). The molecule has 0 atom stereocenters. The van der Waals surface area contributed by atoms with Gasteiger partial charge in [-0.15, -0.1) is 10.2 Å². The number of thiazole rings is 1. The summed E-state index contributed by atoms with van der Waals surface area (Å²) in [6.45, 7) is 6.19. The van der Waals surface area contributed by atoms with E-state index in [-0.39, 0.29) is 0 Å². The first-order chi connectivity index (χ1) is 10.1. The zero-order valence-electron chi connectivity index (χ0n) is 12.0. The molecule has 0 radical (unpaired) electrons. The lowest BCUT2D eigenvalue weighted by Gasteiger charge is -2.13. The summed E-state index contributed by atoms with van der Waals surface area (Å²) >= 11 is 7.75. The lowest BCUT2D eigenvalue weighted by molar-refractivity contribution is 0.831. The number of nitrogens with zero attached hydrogens (tertiary/aromatic N) is 3. The van der Waals surface area contributed by atoms with E-state index in [2.05, 4.69) is 40.4 Å². The summed E-state index contributed by atoms with van der Waals surface area (Å²) < 4.78 is 1.14. The molecule has 1 aromatic carbocycles. The van der Waals surface area contributed by atoms with Gasteiger partial charge in [-0.1, -0.05) is 48.9 Å². The highest BCUT2D eigenvalue weighted by Crippen LogP contribution is 2.32. The number of para-hydroxylation sites is 1. The maximum Gasteiger partial charge on any atom is 0.189 e. The monoisotopic (exact) mass is 318 g/mol. The van der Waals surface area contributed by atoms with E-state index in [0.29, 0.717) is 16.9 Å². The van der Waals surface area contributed by atoms with Crippen LogP contribution in [0.5, 0.6) is 0 Å². The maximum absolute atomic E-state index is 6.15. The molecule has 0 aliphatic carbocycles. The van der Waals surface area contributed by atoms with Gasteiger partial charge in [-0.2, -0.15) is 0 Å². The van der Waals surface area contributed by atoms with Crippen molar-refractivity contribution in [1.29, 1.82) is 0 Å². The van der Waals surface area contributed by atoms with E-state index in [9.17, 15) is 0 Å². The fourth-order valence-electron chi connectivity index (χ4n) is 2.32. The van der Waals surface area contributed by atoms with Gasteiger partial charge < -0.3 is 5.32 Å². The zero-order valence-corrected chi connectivity index (χ0v) is 13.6. The van der Waals surface area contributed by atoms with Crippen LogP contribution in [0.1, 0.15) is 30.9 Å². The van der Waals surface area contributed by atoms with Crippen LogP contribution < -0.4 is 5.32 Å². The van der Waals surface area contributed by atoms with Gasteiger partial charge >= 0.3 is 0 Å². The molecule has 0 aliphatic heterocycles. The number of hydrogen-bond acceptors (Lipinski definition) is 5. The number of aromatic nitrogens is 3. The molecule has 0 bridgehead atoms. The van der Waals surface area contributed by atoms with E-state index in [1.807, 2.05) is 25.1 Å². The van der Waals surface area contributed by atoms with Crippen LogP contribution in [0.4, 0.5) is 10.9 Å². The lowest BCUT2D eigenvalue weighted by Crippen LogP contribution is -2.04. The van der Waals surface area contributed by atoms with Crippen molar-refractivity contribution in [2.24, 2.45) is 0 Å². The third kappa shape index (κ3) is 2.71. The molecule has 4 nitrogen and oxygen atoms in total. The van der Waals surface area contributed by atoms with Crippen LogP contribution in [0.3, 0.4) is 0 Å². The van der Waals surface area contributed by atoms with Crippen molar-refractivity contribution in [2.45, 2.75) is 26.7 Å². The van der Waals surface area contributed by atoms with E-state index in [1.54, 1.807) is 11.3 Å². The van der Waals surface area contributed by atoms with Crippen molar-refractivity contribution >= 4 is 44.1 Å². The van der Waals surface area contributed by atoms with Crippen molar-refractivity contribution in [3.63, 3.8) is 0 Å². The molecule has 0 amide bonds. The number of nitrogens with one attached hydrogen (secondary N) is 1. The summed E-state index contributed by atoms with van der Waals surface area (Å²) in [5.74, 6) is 1.01. The number of anilines is 2. The van der Waals surface area contributed by atoms with Crippen LogP contribution in [0.15, 0.2) is 24.3 Å². The molecule has 0 saturated heterocycles. The molecular formula is C15H15ClN4S. The molecule has 0 spiro atoms. The van der Waals surface area contributed by atoms with Gasteiger partial charge in [0.2, 0.25) is 0 Å². The second-order valence-electron chi connectivity index (χ2n) is 5.14. The third-order valence-electron chi connectivity index (χ3n) is 3.32. The Morgan fingerprint density at radius 1 is 1.19 bits per heavy atom. The van der Waals surface area contributed by atoms with E-state index in [1.165, 1.54) is 0 Å². The minimum absolute atomic E-state index is 0.295. The summed E-state index contributed by atoms with van der Waals surface area (Å²) in [7, 11) is 0. The Bertz CT molecular complexity index is 764. The quantitative estimate of drug-likeness (QED) is 0.745. The molecule has 2 aromatic heterocycles. The summed E-state index contributed by atoms with van der Waals surface area (Å²) in [6, 6.07) is 8.04. The number of hydrogen-bond donors (Lipinski definition) is 1. The molecule has 6 heteroatoms.